The average molecular weight is 355 g/mol. The van der Waals surface area contributed by atoms with Crippen molar-refractivity contribution in [3.63, 3.8) is 0 Å². The molecule has 0 N–H and O–H groups in total. The minimum absolute atomic E-state index is 0.0369. The maximum Gasteiger partial charge on any atom is 0.244 e. The van der Waals surface area contributed by atoms with Gasteiger partial charge in [-0.2, -0.15) is 4.98 Å². The van der Waals surface area contributed by atoms with Crippen LogP contribution in [0.3, 0.4) is 0 Å². The molecule has 2 saturated heterocycles. The van der Waals surface area contributed by atoms with Gasteiger partial charge in [0.25, 0.3) is 0 Å². The van der Waals surface area contributed by atoms with Gasteiger partial charge in [0.1, 0.15) is 0 Å². The second kappa shape index (κ2) is 7.15. The summed E-state index contributed by atoms with van der Waals surface area (Å²) in [5.41, 5.74) is 0.853. The monoisotopic (exact) mass is 355 g/mol. The van der Waals surface area contributed by atoms with Gasteiger partial charge in [0.05, 0.1) is 6.04 Å². The molecular weight excluding hydrogens is 330 g/mol. The van der Waals surface area contributed by atoms with Crippen molar-refractivity contribution in [1.29, 1.82) is 0 Å². The molecule has 0 spiro atoms. The highest BCUT2D eigenvalue weighted by Gasteiger charge is 2.41. The Morgan fingerprint density at radius 1 is 1.27 bits per heavy atom. The van der Waals surface area contributed by atoms with Gasteiger partial charge in [-0.15, -0.1) is 0 Å². The first-order chi connectivity index (χ1) is 12.6. The van der Waals surface area contributed by atoms with Crippen molar-refractivity contribution in [3.8, 4) is 11.4 Å². The summed E-state index contributed by atoms with van der Waals surface area (Å²) in [5.74, 6) is 1.38. The van der Waals surface area contributed by atoms with E-state index in [2.05, 4.69) is 26.9 Å². The van der Waals surface area contributed by atoms with E-state index in [4.69, 9.17) is 4.52 Å². The van der Waals surface area contributed by atoms with Crippen molar-refractivity contribution in [2.45, 2.75) is 57.7 Å². The maximum absolute atomic E-state index is 12.0. The standard InChI is InChI=1S/C19H25N5O2/c1-13(19-21-18(22-26-19)15-6-3-9-20-12-15)23-10-4-7-16(23)17-8-5-11-24(17)14(2)25/h3,6,9,12-13,16-17H,4-5,7-8,10-11H2,1-2H3/t13-,16+,17+/m0/s1. The van der Waals surface area contributed by atoms with Crippen LogP contribution in [0.5, 0.6) is 0 Å². The van der Waals surface area contributed by atoms with Crippen LogP contribution in [0.4, 0.5) is 0 Å². The molecule has 4 rings (SSSR count). The molecule has 26 heavy (non-hydrogen) atoms. The lowest BCUT2D eigenvalue weighted by atomic mass is 10.0. The Bertz CT molecular complexity index is 762. The summed E-state index contributed by atoms with van der Waals surface area (Å²) in [4.78, 5) is 25.2. The van der Waals surface area contributed by atoms with Crippen LogP contribution >= 0.6 is 0 Å². The zero-order valence-corrected chi connectivity index (χ0v) is 15.3. The highest BCUT2D eigenvalue weighted by atomic mass is 16.5. The number of rotatable bonds is 4. The van der Waals surface area contributed by atoms with Crippen molar-refractivity contribution in [2.75, 3.05) is 13.1 Å². The lowest BCUT2D eigenvalue weighted by Crippen LogP contribution is -2.48. The molecule has 2 aromatic heterocycles. The van der Waals surface area contributed by atoms with Crippen LogP contribution in [0, 0.1) is 0 Å². The molecule has 2 aliphatic rings. The number of hydrogen-bond acceptors (Lipinski definition) is 6. The quantitative estimate of drug-likeness (QED) is 0.839. The van der Waals surface area contributed by atoms with Crippen LogP contribution in [-0.2, 0) is 4.79 Å². The molecule has 0 radical (unpaired) electrons. The zero-order chi connectivity index (χ0) is 18.1. The van der Waals surface area contributed by atoms with E-state index in [1.807, 2.05) is 17.0 Å². The van der Waals surface area contributed by atoms with Gasteiger partial charge in [-0.3, -0.25) is 14.7 Å². The van der Waals surface area contributed by atoms with E-state index in [1.54, 1.807) is 19.3 Å². The van der Waals surface area contributed by atoms with E-state index in [9.17, 15) is 4.79 Å². The molecule has 1 amide bonds. The van der Waals surface area contributed by atoms with Crippen molar-refractivity contribution < 1.29 is 9.32 Å². The Labute approximate surface area is 153 Å². The van der Waals surface area contributed by atoms with E-state index < -0.39 is 0 Å². The van der Waals surface area contributed by atoms with Gasteiger partial charge in [-0.05, 0) is 51.3 Å². The van der Waals surface area contributed by atoms with Crippen molar-refractivity contribution in [1.82, 2.24) is 24.9 Å². The van der Waals surface area contributed by atoms with E-state index >= 15 is 0 Å². The van der Waals surface area contributed by atoms with Crippen LogP contribution in [0.25, 0.3) is 11.4 Å². The van der Waals surface area contributed by atoms with Crippen molar-refractivity contribution >= 4 is 5.91 Å². The lowest BCUT2D eigenvalue weighted by molar-refractivity contribution is -0.130. The summed E-state index contributed by atoms with van der Waals surface area (Å²) >= 11 is 0. The Balaban J connectivity index is 1.53. The molecule has 2 fully saturated rings. The summed E-state index contributed by atoms with van der Waals surface area (Å²) < 4.78 is 5.57. The number of hydrogen-bond donors (Lipinski definition) is 0. The molecule has 0 saturated carbocycles. The Kier molecular flexibility index (Phi) is 4.72. The summed E-state index contributed by atoms with van der Waals surface area (Å²) in [6, 6.07) is 4.49. The molecule has 2 aromatic rings. The molecule has 2 aliphatic heterocycles. The van der Waals surface area contributed by atoms with Gasteiger partial charge in [0.15, 0.2) is 0 Å². The van der Waals surface area contributed by atoms with Crippen LogP contribution in [-0.4, -0.2) is 56.0 Å². The second-order valence-corrected chi connectivity index (χ2v) is 7.24. The number of likely N-dealkylation sites (tertiary alicyclic amines) is 2. The molecule has 0 unspecified atom stereocenters. The molecule has 138 valence electrons. The SMILES string of the molecule is CC(=O)N1CCC[C@@H]1[C@H]1CCCN1[C@@H](C)c1nc(-c2cccnc2)no1. The highest BCUT2D eigenvalue weighted by Crippen LogP contribution is 2.35. The van der Waals surface area contributed by atoms with Crippen LogP contribution in [0.1, 0.15) is 51.5 Å². The van der Waals surface area contributed by atoms with E-state index in [-0.39, 0.29) is 11.9 Å². The third-order valence-electron chi connectivity index (χ3n) is 5.71. The number of carbonyl (C=O) groups is 1. The normalized spacial score (nSPS) is 24.9. The fourth-order valence-electron chi connectivity index (χ4n) is 4.45. The minimum Gasteiger partial charge on any atom is -0.338 e. The van der Waals surface area contributed by atoms with Gasteiger partial charge in [0, 0.05) is 43.5 Å². The molecule has 7 nitrogen and oxygen atoms in total. The third-order valence-corrected chi connectivity index (χ3v) is 5.71. The lowest BCUT2D eigenvalue weighted by Gasteiger charge is -2.36. The predicted molar refractivity (Wildman–Crippen MR) is 96.1 cm³/mol. The molecular formula is C19H25N5O2. The fourth-order valence-corrected chi connectivity index (χ4v) is 4.45. The first kappa shape index (κ1) is 17.1. The number of carbonyl (C=O) groups excluding carboxylic acids is 1. The number of aromatic nitrogens is 3. The van der Waals surface area contributed by atoms with Gasteiger partial charge in [-0.25, -0.2) is 0 Å². The average Bonchev–Trinajstić information content (AvgIpc) is 3.40. The van der Waals surface area contributed by atoms with Crippen molar-refractivity contribution in [3.05, 3.63) is 30.4 Å². The molecule has 0 bridgehead atoms. The summed E-state index contributed by atoms with van der Waals surface area (Å²) in [6.45, 7) is 5.67. The number of amides is 1. The fraction of sp³-hybridized carbons (Fsp3) is 0.579. The Hall–Kier alpha value is -2.28. The van der Waals surface area contributed by atoms with Gasteiger partial charge in [0.2, 0.25) is 17.6 Å². The Morgan fingerprint density at radius 3 is 2.85 bits per heavy atom. The summed E-state index contributed by atoms with van der Waals surface area (Å²) in [5, 5.41) is 4.13. The van der Waals surface area contributed by atoms with E-state index in [0.29, 0.717) is 23.8 Å². The second-order valence-electron chi connectivity index (χ2n) is 7.24. The number of pyridine rings is 1. The van der Waals surface area contributed by atoms with Crippen LogP contribution in [0.15, 0.2) is 29.0 Å². The van der Waals surface area contributed by atoms with Gasteiger partial charge < -0.3 is 9.42 Å². The molecule has 4 heterocycles. The van der Waals surface area contributed by atoms with E-state index in [1.165, 1.54) is 0 Å². The van der Waals surface area contributed by atoms with Crippen molar-refractivity contribution in [2.24, 2.45) is 0 Å². The minimum atomic E-state index is 0.0369. The molecule has 3 atom stereocenters. The zero-order valence-electron chi connectivity index (χ0n) is 15.3. The van der Waals surface area contributed by atoms with Gasteiger partial charge in [-0.1, -0.05) is 5.16 Å². The topological polar surface area (TPSA) is 75.4 Å². The first-order valence-corrected chi connectivity index (χ1v) is 9.42. The summed E-state index contributed by atoms with van der Waals surface area (Å²) in [7, 11) is 0. The largest absolute Gasteiger partial charge is 0.338 e. The van der Waals surface area contributed by atoms with E-state index in [0.717, 1.165) is 44.3 Å². The van der Waals surface area contributed by atoms with Crippen LogP contribution in [0.2, 0.25) is 0 Å². The molecule has 7 heteroatoms. The molecule has 0 aliphatic carbocycles. The first-order valence-electron chi connectivity index (χ1n) is 9.42. The third kappa shape index (κ3) is 3.11. The summed E-state index contributed by atoms with van der Waals surface area (Å²) in [6.07, 6.45) is 7.89. The van der Waals surface area contributed by atoms with Gasteiger partial charge >= 0.3 is 0 Å². The molecule has 0 aromatic carbocycles. The maximum atomic E-state index is 12.0. The Morgan fingerprint density at radius 2 is 2.08 bits per heavy atom. The van der Waals surface area contributed by atoms with Crippen LogP contribution < -0.4 is 0 Å². The smallest absolute Gasteiger partial charge is 0.244 e. The predicted octanol–water partition coefficient (Wildman–Crippen LogP) is 2.67. The number of nitrogens with zero attached hydrogens (tertiary/aromatic N) is 5. The highest BCUT2D eigenvalue weighted by molar-refractivity contribution is 5.74.